The molecule has 0 aromatic heterocycles. The zero-order valence-corrected chi connectivity index (χ0v) is 13.1. The van der Waals surface area contributed by atoms with Crippen molar-refractivity contribution in [2.24, 2.45) is 5.73 Å². The van der Waals surface area contributed by atoms with Crippen LogP contribution in [0.2, 0.25) is 0 Å². The number of benzene rings is 1. The van der Waals surface area contributed by atoms with Crippen molar-refractivity contribution in [2.75, 3.05) is 6.61 Å². The van der Waals surface area contributed by atoms with E-state index in [4.69, 9.17) is 10.5 Å². The molecule has 0 aliphatic heterocycles. The van der Waals surface area contributed by atoms with Gasteiger partial charge in [0.15, 0.2) is 0 Å². The first kappa shape index (κ1) is 15.5. The normalized spacial score (nSPS) is 10.7. The van der Waals surface area contributed by atoms with E-state index in [0.717, 1.165) is 34.4 Å². The smallest absolute Gasteiger partial charge is 0.126 e. The summed E-state index contributed by atoms with van der Waals surface area (Å²) < 4.78 is 6.96. The molecule has 0 fully saturated rings. The van der Waals surface area contributed by atoms with E-state index in [2.05, 4.69) is 35.8 Å². The number of halogens is 1. The quantitative estimate of drug-likeness (QED) is 0.714. The fraction of sp³-hybridized carbons (Fsp3) is 0.600. The molecule has 0 saturated heterocycles. The van der Waals surface area contributed by atoms with Gasteiger partial charge in [-0.1, -0.05) is 48.5 Å². The summed E-state index contributed by atoms with van der Waals surface area (Å²) in [5.41, 5.74) is 7.99. The van der Waals surface area contributed by atoms with Crippen LogP contribution in [-0.2, 0) is 6.54 Å². The summed E-state index contributed by atoms with van der Waals surface area (Å²) in [4.78, 5) is 0. The Hall–Kier alpha value is -0.540. The SMILES string of the molecule is CCCCCCCOc1c(C)cc(Br)cc1CN. The highest BCUT2D eigenvalue weighted by molar-refractivity contribution is 9.10. The summed E-state index contributed by atoms with van der Waals surface area (Å²) >= 11 is 3.49. The average molecular weight is 314 g/mol. The largest absolute Gasteiger partial charge is 0.493 e. The van der Waals surface area contributed by atoms with E-state index in [1.54, 1.807) is 0 Å². The van der Waals surface area contributed by atoms with Crippen LogP contribution < -0.4 is 10.5 Å². The highest BCUT2D eigenvalue weighted by Gasteiger charge is 2.07. The standard InChI is InChI=1S/C15H24BrNO/c1-3-4-5-6-7-8-18-15-12(2)9-14(16)10-13(15)11-17/h9-10H,3-8,11,17H2,1-2H3. The number of ether oxygens (including phenoxy) is 1. The molecule has 0 amide bonds. The van der Waals surface area contributed by atoms with Crippen molar-refractivity contribution in [1.82, 2.24) is 0 Å². The molecular formula is C15H24BrNO. The summed E-state index contributed by atoms with van der Waals surface area (Å²) in [5.74, 6) is 0.969. The number of aryl methyl sites for hydroxylation is 1. The lowest BCUT2D eigenvalue weighted by Gasteiger charge is -2.14. The molecule has 0 aliphatic rings. The summed E-state index contributed by atoms with van der Waals surface area (Å²) in [5, 5.41) is 0. The third kappa shape index (κ3) is 4.99. The van der Waals surface area contributed by atoms with E-state index in [1.165, 1.54) is 25.7 Å². The van der Waals surface area contributed by atoms with Crippen molar-refractivity contribution < 1.29 is 4.74 Å². The van der Waals surface area contributed by atoms with Gasteiger partial charge in [0.1, 0.15) is 5.75 Å². The van der Waals surface area contributed by atoms with Gasteiger partial charge in [-0.3, -0.25) is 0 Å². The maximum absolute atomic E-state index is 5.89. The van der Waals surface area contributed by atoms with Crippen molar-refractivity contribution in [3.05, 3.63) is 27.7 Å². The topological polar surface area (TPSA) is 35.2 Å². The molecule has 1 aromatic carbocycles. The molecule has 2 N–H and O–H groups in total. The number of nitrogens with two attached hydrogens (primary N) is 1. The van der Waals surface area contributed by atoms with E-state index < -0.39 is 0 Å². The molecule has 18 heavy (non-hydrogen) atoms. The average Bonchev–Trinajstić information content (AvgIpc) is 2.35. The van der Waals surface area contributed by atoms with E-state index in [-0.39, 0.29) is 0 Å². The van der Waals surface area contributed by atoms with Crippen LogP contribution in [0.25, 0.3) is 0 Å². The van der Waals surface area contributed by atoms with Gasteiger partial charge in [0.25, 0.3) is 0 Å². The third-order valence-electron chi connectivity index (χ3n) is 3.03. The Morgan fingerprint density at radius 2 is 1.89 bits per heavy atom. The first-order valence-corrected chi connectivity index (χ1v) is 7.60. The van der Waals surface area contributed by atoms with Gasteiger partial charge in [0.05, 0.1) is 6.61 Å². The van der Waals surface area contributed by atoms with Crippen LogP contribution in [0.15, 0.2) is 16.6 Å². The van der Waals surface area contributed by atoms with E-state index >= 15 is 0 Å². The Bertz CT molecular complexity index is 366. The van der Waals surface area contributed by atoms with Crippen LogP contribution in [0.1, 0.15) is 50.2 Å². The summed E-state index contributed by atoms with van der Waals surface area (Å²) in [6.45, 7) is 5.61. The van der Waals surface area contributed by atoms with Gasteiger partial charge in [0, 0.05) is 16.6 Å². The molecule has 0 radical (unpaired) electrons. The molecule has 0 spiro atoms. The minimum Gasteiger partial charge on any atom is -0.493 e. The molecule has 3 heteroatoms. The highest BCUT2D eigenvalue weighted by Crippen LogP contribution is 2.28. The Kier molecular flexibility index (Phi) is 7.36. The number of hydrogen-bond acceptors (Lipinski definition) is 2. The fourth-order valence-corrected chi connectivity index (χ4v) is 2.66. The molecule has 0 heterocycles. The van der Waals surface area contributed by atoms with Gasteiger partial charge < -0.3 is 10.5 Å². The zero-order valence-electron chi connectivity index (χ0n) is 11.5. The summed E-state index contributed by atoms with van der Waals surface area (Å²) in [6, 6.07) is 4.12. The Morgan fingerprint density at radius 1 is 1.17 bits per heavy atom. The van der Waals surface area contributed by atoms with E-state index in [9.17, 15) is 0 Å². The van der Waals surface area contributed by atoms with Crippen LogP contribution in [0.5, 0.6) is 5.75 Å². The second-order valence-electron chi connectivity index (χ2n) is 4.68. The van der Waals surface area contributed by atoms with Crippen LogP contribution in [0.3, 0.4) is 0 Å². The number of hydrogen-bond donors (Lipinski definition) is 1. The van der Waals surface area contributed by atoms with Crippen LogP contribution in [0, 0.1) is 6.92 Å². The third-order valence-corrected chi connectivity index (χ3v) is 3.49. The molecule has 102 valence electrons. The lowest BCUT2D eigenvalue weighted by Crippen LogP contribution is -2.05. The van der Waals surface area contributed by atoms with E-state index in [0.29, 0.717) is 6.54 Å². The Balaban J connectivity index is 2.46. The van der Waals surface area contributed by atoms with Crippen LogP contribution in [-0.4, -0.2) is 6.61 Å². The van der Waals surface area contributed by atoms with Gasteiger partial charge in [-0.05, 0) is 31.0 Å². The molecule has 1 rings (SSSR count). The number of rotatable bonds is 8. The summed E-state index contributed by atoms with van der Waals surface area (Å²) in [6.07, 6.45) is 6.29. The second kappa shape index (κ2) is 8.54. The fourth-order valence-electron chi connectivity index (χ4n) is 2.04. The molecule has 0 atom stereocenters. The maximum Gasteiger partial charge on any atom is 0.126 e. The van der Waals surface area contributed by atoms with Gasteiger partial charge in [-0.15, -0.1) is 0 Å². The molecule has 0 bridgehead atoms. The number of unbranched alkanes of at least 4 members (excludes halogenated alkanes) is 4. The zero-order chi connectivity index (χ0) is 13.4. The Morgan fingerprint density at radius 3 is 2.56 bits per heavy atom. The van der Waals surface area contributed by atoms with Crippen molar-refractivity contribution in [3.63, 3.8) is 0 Å². The molecule has 2 nitrogen and oxygen atoms in total. The predicted octanol–water partition coefficient (Wildman–Crippen LogP) is 4.57. The van der Waals surface area contributed by atoms with Crippen molar-refractivity contribution in [2.45, 2.75) is 52.5 Å². The predicted molar refractivity (Wildman–Crippen MR) is 81.0 cm³/mol. The molecule has 1 aromatic rings. The first-order chi connectivity index (χ1) is 8.69. The van der Waals surface area contributed by atoms with Crippen LogP contribution >= 0.6 is 15.9 Å². The second-order valence-corrected chi connectivity index (χ2v) is 5.59. The van der Waals surface area contributed by atoms with Crippen molar-refractivity contribution >= 4 is 15.9 Å². The highest BCUT2D eigenvalue weighted by atomic mass is 79.9. The lowest BCUT2D eigenvalue weighted by molar-refractivity contribution is 0.299. The lowest BCUT2D eigenvalue weighted by atomic mass is 10.1. The first-order valence-electron chi connectivity index (χ1n) is 6.81. The summed E-state index contributed by atoms with van der Waals surface area (Å²) in [7, 11) is 0. The van der Waals surface area contributed by atoms with Gasteiger partial charge in [0.2, 0.25) is 0 Å². The molecule has 0 aliphatic carbocycles. The van der Waals surface area contributed by atoms with Crippen molar-refractivity contribution in [3.8, 4) is 5.75 Å². The minimum absolute atomic E-state index is 0.519. The van der Waals surface area contributed by atoms with Gasteiger partial charge >= 0.3 is 0 Å². The monoisotopic (exact) mass is 313 g/mol. The van der Waals surface area contributed by atoms with Crippen molar-refractivity contribution in [1.29, 1.82) is 0 Å². The Labute approximate surface area is 119 Å². The van der Waals surface area contributed by atoms with E-state index in [1.807, 2.05) is 6.07 Å². The maximum atomic E-state index is 5.89. The molecular weight excluding hydrogens is 290 g/mol. The van der Waals surface area contributed by atoms with Gasteiger partial charge in [-0.25, -0.2) is 0 Å². The molecule has 0 saturated carbocycles. The van der Waals surface area contributed by atoms with Gasteiger partial charge in [-0.2, -0.15) is 0 Å². The van der Waals surface area contributed by atoms with Crippen LogP contribution in [0.4, 0.5) is 0 Å². The minimum atomic E-state index is 0.519. The molecule has 0 unspecified atom stereocenters.